The summed E-state index contributed by atoms with van der Waals surface area (Å²) in [5.74, 6) is 0.244. The van der Waals surface area contributed by atoms with Gasteiger partial charge in [0, 0.05) is 6.61 Å². The molecule has 0 aromatic carbocycles. The summed E-state index contributed by atoms with van der Waals surface area (Å²) < 4.78 is 5.73. The summed E-state index contributed by atoms with van der Waals surface area (Å²) in [5.41, 5.74) is -0.279. The second kappa shape index (κ2) is 7.25. The highest BCUT2D eigenvalue weighted by atomic mass is 16.5. The van der Waals surface area contributed by atoms with E-state index in [9.17, 15) is 4.79 Å². The first-order chi connectivity index (χ1) is 8.95. The van der Waals surface area contributed by atoms with Crippen LogP contribution in [-0.4, -0.2) is 41.8 Å². The van der Waals surface area contributed by atoms with Gasteiger partial charge in [0.15, 0.2) is 0 Å². The van der Waals surface area contributed by atoms with E-state index in [0.717, 1.165) is 25.7 Å². The third-order valence-electron chi connectivity index (χ3n) is 3.67. The molecule has 1 fully saturated rings. The number of unbranched alkanes of at least 4 members (excludes halogenated alkanes) is 1. The Kier molecular flexibility index (Phi) is 6.27. The van der Waals surface area contributed by atoms with Gasteiger partial charge >= 0.3 is 0 Å². The zero-order chi connectivity index (χ0) is 14.5. The summed E-state index contributed by atoms with van der Waals surface area (Å²) in [6.07, 6.45) is 4.28. The van der Waals surface area contributed by atoms with Crippen LogP contribution in [0.25, 0.3) is 0 Å². The number of amides is 1. The Labute approximate surface area is 117 Å². The minimum absolute atomic E-state index is 0.00215. The normalized spacial score (nSPS) is 24.3. The SMILES string of the molecule is CCCCC1NC(CC)N(CC(C)(C)OCC)C1=O. The molecule has 0 saturated carbocycles. The van der Waals surface area contributed by atoms with Crippen LogP contribution in [0.4, 0.5) is 0 Å². The van der Waals surface area contributed by atoms with Crippen LogP contribution >= 0.6 is 0 Å². The largest absolute Gasteiger partial charge is 0.374 e. The first-order valence-corrected chi connectivity index (χ1v) is 7.65. The molecule has 1 N–H and O–H groups in total. The smallest absolute Gasteiger partial charge is 0.241 e. The molecule has 0 spiro atoms. The molecule has 1 heterocycles. The quantitative estimate of drug-likeness (QED) is 0.737. The molecular weight excluding hydrogens is 240 g/mol. The number of nitrogens with one attached hydrogen (secondary N) is 1. The van der Waals surface area contributed by atoms with Crippen LogP contribution in [0.3, 0.4) is 0 Å². The van der Waals surface area contributed by atoms with Crippen LogP contribution in [0.1, 0.15) is 60.3 Å². The predicted molar refractivity (Wildman–Crippen MR) is 77.9 cm³/mol. The molecule has 0 aromatic heterocycles. The summed E-state index contributed by atoms with van der Waals surface area (Å²) in [4.78, 5) is 14.4. The van der Waals surface area contributed by atoms with E-state index in [2.05, 4.69) is 33.0 Å². The summed E-state index contributed by atoms with van der Waals surface area (Å²) in [6, 6.07) is 0.00215. The average molecular weight is 270 g/mol. The van der Waals surface area contributed by atoms with E-state index >= 15 is 0 Å². The van der Waals surface area contributed by atoms with Gasteiger partial charge in [-0.1, -0.05) is 26.7 Å². The second-order valence-electron chi connectivity index (χ2n) is 5.94. The molecule has 0 bridgehead atoms. The summed E-state index contributed by atoms with van der Waals surface area (Å²) >= 11 is 0. The lowest BCUT2D eigenvalue weighted by Gasteiger charge is -2.33. The maximum absolute atomic E-state index is 12.5. The molecule has 2 unspecified atom stereocenters. The number of ether oxygens (including phenoxy) is 1. The van der Waals surface area contributed by atoms with Gasteiger partial charge in [-0.05, 0) is 33.6 Å². The summed E-state index contributed by atoms with van der Waals surface area (Å²) in [5, 5.41) is 3.46. The average Bonchev–Trinajstić information content (AvgIpc) is 2.63. The molecule has 1 saturated heterocycles. The first-order valence-electron chi connectivity index (χ1n) is 7.65. The molecule has 112 valence electrons. The Hall–Kier alpha value is -0.610. The van der Waals surface area contributed by atoms with E-state index < -0.39 is 0 Å². The van der Waals surface area contributed by atoms with Crippen LogP contribution in [0.15, 0.2) is 0 Å². The maximum Gasteiger partial charge on any atom is 0.241 e. The Bertz CT molecular complexity index is 292. The Morgan fingerprint density at radius 2 is 2.00 bits per heavy atom. The van der Waals surface area contributed by atoms with Gasteiger partial charge in [0.05, 0.1) is 24.4 Å². The van der Waals surface area contributed by atoms with Gasteiger partial charge in [-0.3, -0.25) is 10.1 Å². The van der Waals surface area contributed by atoms with Crippen molar-refractivity contribution in [2.45, 2.75) is 78.1 Å². The Morgan fingerprint density at radius 1 is 1.32 bits per heavy atom. The van der Waals surface area contributed by atoms with Crippen molar-refractivity contribution in [2.75, 3.05) is 13.2 Å². The molecule has 1 aliphatic heterocycles. The van der Waals surface area contributed by atoms with E-state index in [4.69, 9.17) is 4.74 Å². The van der Waals surface area contributed by atoms with E-state index in [1.165, 1.54) is 0 Å². The minimum atomic E-state index is -0.279. The van der Waals surface area contributed by atoms with Crippen molar-refractivity contribution >= 4 is 5.91 Å². The molecule has 0 aliphatic carbocycles. The third-order valence-corrected chi connectivity index (χ3v) is 3.67. The van der Waals surface area contributed by atoms with Crippen molar-refractivity contribution in [3.05, 3.63) is 0 Å². The number of hydrogen-bond acceptors (Lipinski definition) is 3. The number of hydrogen-bond donors (Lipinski definition) is 1. The third kappa shape index (κ3) is 4.46. The van der Waals surface area contributed by atoms with Crippen LogP contribution in [-0.2, 0) is 9.53 Å². The van der Waals surface area contributed by atoms with E-state index in [-0.39, 0.29) is 23.7 Å². The number of carbonyl (C=O) groups excluding carboxylic acids is 1. The van der Waals surface area contributed by atoms with Gasteiger partial charge in [0.2, 0.25) is 5.91 Å². The fourth-order valence-corrected chi connectivity index (χ4v) is 2.74. The number of carbonyl (C=O) groups is 1. The van der Waals surface area contributed by atoms with Gasteiger partial charge in [0.25, 0.3) is 0 Å². The zero-order valence-corrected chi connectivity index (χ0v) is 13.2. The Morgan fingerprint density at radius 3 is 2.53 bits per heavy atom. The number of rotatable bonds is 8. The molecule has 4 nitrogen and oxygen atoms in total. The molecule has 1 aliphatic rings. The van der Waals surface area contributed by atoms with Crippen molar-refractivity contribution in [3.63, 3.8) is 0 Å². The molecule has 2 atom stereocenters. The molecule has 4 heteroatoms. The Balaban J connectivity index is 2.67. The van der Waals surface area contributed by atoms with Crippen molar-refractivity contribution in [1.82, 2.24) is 10.2 Å². The van der Waals surface area contributed by atoms with Gasteiger partial charge in [-0.2, -0.15) is 0 Å². The van der Waals surface area contributed by atoms with Crippen molar-refractivity contribution in [2.24, 2.45) is 0 Å². The molecule has 1 amide bonds. The maximum atomic E-state index is 12.5. The first kappa shape index (κ1) is 16.4. The summed E-state index contributed by atoms with van der Waals surface area (Å²) in [6.45, 7) is 11.7. The minimum Gasteiger partial charge on any atom is -0.374 e. The van der Waals surface area contributed by atoms with Crippen LogP contribution in [0.5, 0.6) is 0 Å². The monoisotopic (exact) mass is 270 g/mol. The van der Waals surface area contributed by atoms with Gasteiger partial charge < -0.3 is 9.64 Å². The van der Waals surface area contributed by atoms with Gasteiger partial charge in [0.1, 0.15) is 0 Å². The van der Waals surface area contributed by atoms with E-state index in [1.54, 1.807) is 0 Å². The molecule has 1 rings (SSSR count). The van der Waals surface area contributed by atoms with E-state index in [1.807, 2.05) is 11.8 Å². The van der Waals surface area contributed by atoms with E-state index in [0.29, 0.717) is 13.2 Å². The summed E-state index contributed by atoms with van der Waals surface area (Å²) in [7, 11) is 0. The van der Waals surface area contributed by atoms with Crippen molar-refractivity contribution in [3.8, 4) is 0 Å². The van der Waals surface area contributed by atoms with Crippen molar-refractivity contribution in [1.29, 1.82) is 0 Å². The van der Waals surface area contributed by atoms with Crippen LogP contribution in [0, 0.1) is 0 Å². The lowest BCUT2D eigenvalue weighted by Crippen LogP contribution is -2.46. The topological polar surface area (TPSA) is 41.6 Å². The lowest BCUT2D eigenvalue weighted by molar-refractivity contribution is -0.134. The molecular formula is C15H30N2O2. The number of nitrogens with zero attached hydrogens (tertiary/aromatic N) is 1. The fraction of sp³-hybridized carbons (Fsp3) is 0.933. The molecule has 0 aromatic rings. The molecule has 0 radical (unpaired) electrons. The fourth-order valence-electron chi connectivity index (χ4n) is 2.74. The van der Waals surface area contributed by atoms with Gasteiger partial charge in [-0.15, -0.1) is 0 Å². The highest BCUT2D eigenvalue weighted by Crippen LogP contribution is 2.21. The highest BCUT2D eigenvalue weighted by molar-refractivity contribution is 5.84. The van der Waals surface area contributed by atoms with Crippen molar-refractivity contribution < 1.29 is 9.53 Å². The van der Waals surface area contributed by atoms with Crippen LogP contribution < -0.4 is 5.32 Å². The molecule has 19 heavy (non-hydrogen) atoms. The standard InChI is InChI=1S/C15H30N2O2/c1-6-9-10-12-14(18)17(13(7-2)16-12)11-15(4,5)19-8-3/h12-13,16H,6-11H2,1-5H3. The lowest BCUT2D eigenvalue weighted by atomic mass is 10.1. The van der Waals surface area contributed by atoms with Crippen LogP contribution in [0.2, 0.25) is 0 Å². The van der Waals surface area contributed by atoms with Gasteiger partial charge in [-0.25, -0.2) is 0 Å². The predicted octanol–water partition coefficient (Wildman–Crippen LogP) is 2.53. The highest BCUT2D eigenvalue weighted by Gasteiger charge is 2.39. The zero-order valence-electron chi connectivity index (χ0n) is 13.2. The second-order valence-corrected chi connectivity index (χ2v) is 5.94.